The first-order chi connectivity index (χ1) is 12.3. The van der Waals surface area contributed by atoms with Gasteiger partial charge in [0.15, 0.2) is 11.5 Å². The Bertz CT molecular complexity index is 867. The lowest BCUT2D eigenvalue weighted by molar-refractivity contribution is 0.174. The lowest BCUT2D eigenvalue weighted by Crippen LogP contribution is -2.26. The number of nitrogens with zero attached hydrogens (tertiary/aromatic N) is 2. The summed E-state index contributed by atoms with van der Waals surface area (Å²) < 4.78 is 11.0. The van der Waals surface area contributed by atoms with Crippen molar-refractivity contribution < 1.29 is 9.47 Å². The van der Waals surface area contributed by atoms with Crippen molar-refractivity contribution in [2.45, 2.75) is 13.0 Å². The molecule has 0 fully saturated rings. The molecule has 0 spiro atoms. The second kappa shape index (κ2) is 6.99. The van der Waals surface area contributed by atoms with Gasteiger partial charge in [-0.05, 0) is 42.1 Å². The van der Waals surface area contributed by atoms with Crippen molar-refractivity contribution in [2.75, 3.05) is 24.8 Å². The van der Waals surface area contributed by atoms with Crippen LogP contribution in [0.4, 0.5) is 5.82 Å². The van der Waals surface area contributed by atoms with Crippen molar-refractivity contribution in [3.8, 4) is 11.5 Å². The van der Waals surface area contributed by atoms with Crippen LogP contribution in [-0.4, -0.2) is 24.9 Å². The Hall–Kier alpha value is -2.79. The zero-order chi connectivity index (χ0) is 17.1. The molecule has 2 N–H and O–H groups in total. The third-order valence-electron chi connectivity index (χ3n) is 4.38. The van der Waals surface area contributed by atoms with E-state index in [9.17, 15) is 0 Å². The highest BCUT2D eigenvalue weighted by atomic mass is 16.7. The van der Waals surface area contributed by atoms with E-state index in [1.54, 1.807) is 0 Å². The molecule has 1 aliphatic rings. The molecule has 0 atom stereocenters. The molecule has 5 heteroatoms. The minimum Gasteiger partial charge on any atom is -0.454 e. The second-order valence-electron chi connectivity index (χ2n) is 6.11. The number of pyridine rings is 1. The summed E-state index contributed by atoms with van der Waals surface area (Å²) in [5, 5.41) is 2.17. The van der Waals surface area contributed by atoms with Crippen molar-refractivity contribution in [1.82, 2.24) is 4.98 Å². The quantitative estimate of drug-likeness (QED) is 0.749. The molecule has 0 amide bonds. The smallest absolute Gasteiger partial charge is 0.231 e. The van der Waals surface area contributed by atoms with E-state index < -0.39 is 0 Å². The molecule has 0 radical (unpaired) electrons. The molecule has 0 unspecified atom stereocenters. The van der Waals surface area contributed by atoms with Crippen LogP contribution in [0.3, 0.4) is 0 Å². The molecule has 0 aliphatic carbocycles. The molecule has 3 aromatic rings. The zero-order valence-corrected chi connectivity index (χ0v) is 14.0. The first-order valence-electron chi connectivity index (χ1n) is 8.52. The molecule has 1 aliphatic heterocycles. The van der Waals surface area contributed by atoms with Crippen LogP contribution in [0.25, 0.3) is 10.8 Å². The maximum Gasteiger partial charge on any atom is 0.231 e. The largest absolute Gasteiger partial charge is 0.454 e. The summed E-state index contributed by atoms with van der Waals surface area (Å²) in [6.45, 7) is 2.57. The molecule has 25 heavy (non-hydrogen) atoms. The lowest BCUT2D eigenvalue weighted by Gasteiger charge is -2.25. The van der Waals surface area contributed by atoms with Gasteiger partial charge in [0.1, 0.15) is 5.82 Å². The second-order valence-corrected chi connectivity index (χ2v) is 6.11. The minimum absolute atomic E-state index is 0.273. The predicted molar refractivity (Wildman–Crippen MR) is 99.0 cm³/mol. The van der Waals surface area contributed by atoms with Crippen LogP contribution in [0.1, 0.15) is 12.0 Å². The number of aromatic nitrogens is 1. The maximum atomic E-state index is 5.75. The van der Waals surface area contributed by atoms with Crippen LogP contribution in [0.2, 0.25) is 0 Å². The number of benzene rings is 2. The molecule has 4 rings (SSSR count). The van der Waals surface area contributed by atoms with Gasteiger partial charge in [0.25, 0.3) is 0 Å². The number of fused-ring (bicyclic) bond motifs is 2. The number of rotatable bonds is 6. The van der Waals surface area contributed by atoms with Gasteiger partial charge < -0.3 is 20.1 Å². The normalized spacial score (nSPS) is 12.5. The zero-order valence-electron chi connectivity index (χ0n) is 14.0. The van der Waals surface area contributed by atoms with Crippen LogP contribution in [0.5, 0.6) is 11.5 Å². The highest BCUT2D eigenvalue weighted by molar-refractivity contribution is 5.94. The molecular formula is C20H21N3O2. The highest BCUT2D eigenvalue weighted by Crippen LogP contribution is 2.38. The van der Waals surface area contributed by atoms with Gasteiger partial charge in [0.2, 0.25) is 6.79 Å². The van der Waals surface area contributed by atoms with E-state index in [-0.39, 0.29) is 6.79 Å². The molecule has 1 aromatic heterocycles. The predicted octanol–water partition coefficient (Wildman–Crippen LogP) is 3.32. The fourth-order valence-electron chi connectivity index (χ4n) is 3.14. The van der Waals surface area contributed by atoms with Crippen molar-refractivity contribution in [2.24, 2.45) is 5.73 Å². The van der Waals surface area contributed by atoms with Crippen LogP contribution < -0.4 is 20.1 Å². The summed E-state index contributed by atoms with van der Waals surface area (Å²) in [4.78, 5) is 6.95. The van der Waals surface area contributed by atoms with Gasteiger partial charge in [-0.15, -0.1) is 0 Å². The van der Waals surface area contributed by atoms with Gasteiger partial charge in [0, 0.05) is 24.7 Å². The Kier molecular flexibility index (Phi) is 4.39. The third-order valence-corrected chi connectivity index (χ3v) is 4.38. The van der Waals surface area contributed by atoms with Crippen molar-refractivity contribution in [1.29, 1.82) is 0 Å². The van der Waals surface area contributed by atoms with Crippen molar-refractivity contribution >= 4 is 16.6 Å². The van der Waals surface area contributed by atoms with E-state index in [0.29, 0.717) is 6.54 Å². The number of hydrogen-bond acceptors (Lipinski definition) is 5. The SMILES string of the molecule is NCCCN(Cc1ccccc1)c1nccc2cc3c(cc12)OCO3. The molecule has 0 bridgehead atoms. The number of anilines is 1. The van der Waals surface area contributed by atoms with Gasteiger partial charge >= 0.3 is 0 Å². The Morgan fingerprint density at radius 1 is 1.04 bits per heavy atom. The summed E-state index contributed by atoms with van der Waals surface area (Å²) in [5.74, 6) is 2.52. The minimum atomic E-state index is 0.273. The number of ether oxygens (including phenoxy) is 2. The van der Waals surface area contributed by atoms with Crippen LogP contribution in [0, 0.1) is 0 Å². The molecule has 0 saturated heterocycles. The molecule has 128 valence electrons. The molecule has 5 nitrogen and oxygen atoms in total. The summed E-state index contributed by atoms with van der Waals surface area (Å²) in [6, 6.07) is 16.5. The fraction of sp³-hybridized carbons (Fsp3) is 0.250. The molecule has 0 saturated carbocycles. The first-order valence-corrected chi connectivity index (χ1v) is 8.52. The van der Waals surface area contributed by atoms with Crippen molar-refractivity contribution in [3.05, 3.63) is 60.3 Å². The monoisotopic (exact) mass is 335 g/mol. The third kappa shape index (κ3) is 3.23. The van der Waals surface area contributed by atoms with Crippen LogP contribution >= 0.6 is 0 Å². The number of nitrogens with two attached hydrogens (primary N) is 1. The Labute approximate surface area is 147 Å². The van der Waals surface area contributed by atoms with E-state index in [0.717, 1.165) is 47.6 Å². The Morgan fingerprint density at radius 3 is 2.64 bits per heavy atom. The number of hydrogen-bond donors (Lipinski definition) is 1. The first kappa shape index (κ1) is 15.7. The average Bonchev–Trinajstić information content (AvgIpc) is 3.11. The van der Waals surface area contributed by atoms with E-state index >= 15 is 0 Å². The maximum absolute atomic E-state index is 5.75. The fourth-order valence-corrected chi connectivity index (χ4v) is 3.14. The Morgan fingerprint density at radius 2 is 1.84 bits per heavy atom. The van der Waals surface area contributed by atoms with E-state index in [1.165, 1.54) is 5.56 Å². The summed E-state index contributed by atoms with van der Waals surface area (Å²) in [5.41, 5.74) is 7.00. The van der Waals surface area contributed by atoms with Gasteiger partial charge in [-0.25, -0.2) is 4.98 Å². The van der Waals surface area contributed by atoms with Gasteiger partial charge in [-0.3, -0.25) is 0 Å². The summed E-state index contributed by atoms with van der Waals surface area (Å²) in [7, 11) is 0. The summed E-state index contributed by atoms with van der Waals surface area (Å²) >= 11 is 0. The van der Waals surface area contributed by atoms with Crippen LogP contribution in [0.15, 0.2) is 54.7 Å². The summed E-state index contributed by atoms with van der Waals surface area (Å²) in [6.07, 6.45) is 2.76. The molecule has 2 heterocycles. The lowest BCUT2D eigenvalue weighted by atomic mass is 10.1. The standard InChI is InChI=1S/C20H21N3O2/c21-8-4-10-23(13-15-5-2-1-3-6-15)20-17-12-19-18(24-14-25-19)11-16(17)7-9-22-20/h1-3,5-7,9,11-12H,4,8,10,13-14,21H2. The highest BCUT2D eigenvalue weighted by Gasteiger charge is 2.18. The van der Waals surface area contributed by atoms with E-state index in [2.05, 4.69) is 34.1 Å². The van der Waals surface area contributed by atoms with E-state index in [1.807, 2.05) is 30.5 Å². The van der Waals surface area contributed by atoms with Gasteiger partial charge in [0.05, 0.1) is 0 Å². The Balaban J connectivity index is 1.75. The van der Waals surface area contributed by atoms with Gasteiger partial charge in [-0.1, -0.05) is 30.3 Å². The van der Waals surface area contributed by atoms with Crippen LogP contribution in [-0.2, 0) is 6.54 Å². The van der Waals surface area contributed by atoms with Gasteiger partial charge in [-0.2, -0.15) is 0 Å². The van der Waals surface area contributed by atoms with E-state index in [4.69, 9.17) is 15.2 Å². The molecular weight excluding hydrogens is 314 g/mol. The molecule has 2 aromatic carbocycles. The average molecular weight is 335 g/mol. The topological polar surface area (TPSA) is 60.6 Å². The van der Waals surface area contributed by atoms with Crippen molar-refractivity contribution in [3.63, 3.8) is 0 Å².